The lowest BCUT2D eigenvalue weighted by Crippen LogP contribution is -2.64. The van der Waals surface area contributed by atoms with Crippen LogP contribution in [0.2, 0.25) is 5.02 Å². The van der Waals surface area contributed by atoms with Crippen molar-refractivity contribution in [1.29, 1.82) is 0 Å². The molecule has 8 atom stereocenters. The third-order valence-corrected chi connectivity index (χ3v) is 19.6. The highest BCUT2D eigenvalue weighted by molar-refractivity contribution is 6.31. The zero-order valence-corrected chi connectivity index (χ0v) is 57.9. The summed E-state index contributed by atoms with van der Waals surface area (Å²) in [6, 6.07) is -4.58. The van der Waals surface area contributed by atoms with Gasteiger partial charge in [0, 0.05) is 60.8 Å². The molecular weight excluding hydrogens is 1230 g/mol. The molecule has 2 aliphatic heterocycles. The van der Waals surface area contributed by atoms with E-state index in [1.54, 1.807) is 27.7 Å². The minimum atomic E-state index is -4.74. The number of likely N-dealkylation sites (N-methyl/N-ethyl adjacent to an activating group) is 5. The van der Waals surface area contributed by atoms with Gasteiger partial charge in [-0.3, -0.25) is 52.7 Å². The Labute approximate surface area is 553 Å². The van der Waals surface area contributed by atoms with E-state index in [1.165, 1.54) is 70.7 Å². The van der Waals surface area contributed by atoms with Gasteiger partial charge in [0.2, 0.25) is 65.0 Å². The highest BCUT2D eigenvalue weighted by Crippen LogP contribution is 2.37. The number of fused-ring (bicyclic) bond motifs is 1. The largest absolute Gasteiger partial charge is 0.417 e. The molecule has 1 spiro atoms. The van der Waals surface area contributed by atoms with Crippen LogP contribution in [0, 0.1) is 23.7 Å². The van der Waals surface area contributed by atoms with Gasteiger partial charge in [-0.2, -0.15) is 13.2 Å². The van der Waals surface area contributed by atoms with Gasteiger partial charge in [-0.15, -0.1) is 0 Å². The van der Waals surface area contributed by atoms with Crippen LogP contribution >= 0.6 is 11.6 Å². The number of aryl methyl sites for hydroxylation is 1. The Balaban J connectivity index is 1.57. The van der Waals surface area contributed by atoms with Crippen LogP contribution in [0.15, 0.2) is 18.2 Å². The van der Waals surface area contributed by atoms with Crippen LogP contribution in [0.4, 0.5) is 13.2 Å². The molecule has 1 aromatic carbocycles. The number of alkyl halides is 3. The van der Waals surface area contributed by atoms with E-state index in [0.717, 1.165) is 49.1 Å². The SMILES string of the molecule is CCCCN1CC(=O)N(C)[C@@H](CC2CCCCC2)C(=O)N(C)CC(=O)N[C@@H](CCc2ccc(C(F)(F)F)c(Cl)c2)C(=O)N2CCC[C@H]2C(=O)NC2(CCCC2)C(=O)N(C)[C@@H](C(C)C)C(=O)N[C@H](C)CC(=O)N(C)[C@@H](CC(C)C)C(=O)N[C@@H]([C@@H](C)CC)C(=O)N(C)CC1=O. The van der Waals surface area contributed by atoms with Gasteiger partial charge >= 0.3 is 6.18 Å². The fourth-order valence-corrected chi connectivity index (χ4v) is 13.8. The summed E-state index contributed by atoms with van der Waals surface area (Å²) in [4.78, 5) is 170. The third-order valence-electron chi connectivity index (χ3n) is 19.3. The number of nitrogens with one attached hydrogen (secondary N) is 4. The first-order valence-corrected chi connectivity index (χ1v) is 34.0. The molecule has 5 rings (SSSR count). The summed E-state index contributed by atoms with van der Waals surface area (Å²) < 4.78 is 41.4. The maximum Gasteiger partial charge on any atom is 0.417 e. The van der Waals surface area contributed by atoms with Crippen molar-refractivity contribution in [1.82, 2.24) is 55.6 Å². The fourth-order valence-electron chi connectivity index (χ4n) is 13.5. The molecule has 26 heteroatoms. The summed E-state index contributed by atoms with van der Waals surface area (Å²) in [5.41, 5.74) is -2.25. The Morgan fingerprint density at radius 2 is 1.31 bits per heavy atom. The van der Waals surface area contributed by atoms with Crippen molar-refractivity contribution in [3.8, 4) is 0 Å². The van der Waals surface area contributed by atoms with Gasteiger partial charge in [0.15, 0.2) is 0 Å². The molecule has 11 amide bonds. The standard InChI is InChI=1S/C67H105ClF3N11O11/c1-14-16-32-81-40-55(85)79(12)52(37-45-23-18-17-19-24-45)63(91)76(9)38-53(83)73-49(29-27-46-26-28-47(48(68)36-46)67(69,70)71)62(90)82-33-22-25-50(82)60(88)75-66(30-20-21-31-66)65(93)80(13)58(42(5)6)61(89)72-44(8)35-54(84)78(11)51(34-41(3)4)59(87)74-57(43(7)15-2)64(92)77(10)39-56(81)86/h26,28,36,41-45,49-52,57-58H,14-25,27,29-35,37-40H2,1-13H3,(H,72,89)(H,73,83)(H,74,87)(H,75,88)/t43-,44+,49-,50-,51-,52-,57-,58-/m0/s1. The second-order valence-electron chi connectivity index (χ2n) is 27.5. The van der Waals surface area contributed by atoms with Crippen molar-refractivity contribution in [2.45, 2.75) is 231 Å². The Morgan fingerprint density at radius 1 is 0.677 bits per heavy atom. The first-order valence-electron chi connectivity index (χ1n) is 33.6. The fraction of sp³-hybridized carbons (Fsp3) is 0.746. The lowest BCUT2D eigenvalue weighted by Gasteiger charge is -2.39. The van der Waals surface area contributed by atoms with E-state index in [9.17, 15) is 56.3 Å². The number of hydrogen-bond acceptors (Lipinski definition) is 11. The molecule has 2 saturated carbocycles. The van der Waals surface area contributed by atoms with E-state index < -0.39 is 161 Å². The Kier molecular flexibility index (Phi) is 28.8. The normalized spacial score (nSPS) is 25.9. The van der Waals surface area contributed by atoms with Gasteiger partial charge in [0.1, 0.15) is 41.8 Å². The molecule has 0 aromatic heterocycles. The van der Waals surface area contributed by atoms with Gasteiger partial charge in [-0.25, -0.2) is 0 Å². The topological polar surface area (TPSA) is 259 Å². The molecule has 4 fully saturated rings. The number of carbonyl (C=O) groups is 11. The molecular formula is C67H105ClF3N11O11. The van der Waals surface area contributed by atoms with Crippen molar-refractivity contribution in [2.75, 3.05) is 68.0 Å². The monoisotopic (exact) mass is 1330 g/mol. The molecule has 93 heavy (non-hydrogen) atoms. The number of halogens is 4. The Bertz CT molecular complexity index is 2810. The molecule has 4 aliphatic rings. The number of nitrogens with zero attached hydrogens (tertiary/aromatic N) is 7. The lowest BCUT2D eigenvalue weighted by atomic mass is 9.84. The number of unbranched alkanes of at least 4 members (excludes halogenated alkanes) is 1. The van der Waals surface area contributed by atoms with Crippen LogP contribution in [0.3, 0.4) is 0 Å². The van der Waals surface area contributed by atoms with Gasteiger partial charge < -0.3 is 55.6 Å². The zero-order valence-electron chi connectivity index (χ0n) is 57.2. The molecule has 0 unspecified atom stereocenters. The number of hydrogen-bond donors (Lipinski definition) is 4. The Morgan fingerprint density at radius 3 is 1.90 bits per heavy atom. The van der Waals surface area contributed by atoms with Gasteiger partial charge in [0.25, 0.3) is 0 Å². The van der Waals surface area contributed by atoms with Crippen molar-refractivity contribution >= 4 is 76.6 Å². The molecule has 2 heterocycles. The van der Waals surface area contributed by atoms with E-state index in [4.69, 9.17) is 11.6 Å². The van der Waals surface area contributed by atoms with Crippen LogP contribution in [0.25, 0.3) is 0 Å². The van der Waals surface area contributed by atoms with Crippen LogP contribution in [0.5, 0.6) is 0 Å². The second-order valence-corrected chi connectivity index (χ2v) is 27.9. The Hall–Kier alpha value is -6.53. The highest BCUT2D eigenvalue weighted by atomic mass is 35.5. The van der Waals surface area contributed by atoms with Gasteiger partial charge in [0.05, 0.1) is 30.2 Å². The van der Waals surface area contributed by atoms with Crippen LogP contribution < -0.4 is 21.3 Å². The zero-order chi connectivity index (χ0) is 69.4. The summed E-state index contributed by atoms with van der Waals surface area (Å²) in [5.74, 6) is -7.66. The first kappa shape index (κ1) is 77.2. The van der Waals surface area contributed by atoms with E-state index in [-0.39, 0.29) is 76.3 Å². The molecule has 0 radical (unpaired) electrons. The molecule has 1 aromatic rings. The van der Waals surface area contributed by atoms with E-state index in [1.807, 2.05) is 27.7 Å². The third kappa shape index (κ3) is 20.7. The van der Waals surface area contributed by atoms with Crippen LogP contribution in [-0.4, -0.2) is 215 Å². The summed E-state index contributed by atoms with van der Waals surface area (Å²) in [5, 5.41) is 11.0. The van der Waals surface area contributed by atoms with E-state index in [2.05, 4.69) is 21.3 Å². The molecule has 2 aliphatic carbocycles. The number of rotatable bonds is 13. The lowest BCUT2D eigenvalue weighted by molar-refractivity contribution is -0.150. The second kappa shape index (κ2) is 34.8. The van der Waals surface area contributed by atoms with E-state index in [0.29, 0.717) is 44.1 Å². The maximum atomic E-state index is 15.1. The summed E-state index contributed by atoms with van der Waals surface area (Å²) in [7, 11) is 7.26. The molecule has 22 nitrogen and oxygen atoms in total. The average molecular weight is 1330 g/mol. The average Bonchev–Trinajstić information content (AvgIpc) is 1.73. The molecule has 522 valence electrons. The predicted molar refractivity (Wildman–Crippen MR) is 346 cm³/mol. The minimum Gasteiger partial charge on any atom is -0.351 e. The quantitative estimate of drug-likeness (QED) is 0.170. The summed E-state index contributed by atoms with van der Waals surface area (Å²) >= 11 is 6.13. The van der Waals surface area contributed by atoms with Gasteiger partial charge in [-0.05, 0) is 106 Å². The minimum absolute atomic E-state index is 0.0324. The number of carbonyl (C=O) groups excluding carboxylic acids is 11. The first-order chi connectivity index (χ1) is 43.7. The van der Waals surface area contributed by atoms with Crippen molar-refractivity contribution in [2.24, 2.45) is 23.7 Å². The van der Waals surface area contributed by atoms with Crippen LogP contribution in [-0.2, 0) is 65.3 Å². The molecule has 0 bridgehead atoms. The summed E-state index contributed by atoms with van der Waals surface area (Å²) in [6.07, 6.45) is 3.22. The van der Waals surface area contributed by atoms with Crippen molar-refractivity contribution < 1.29 is 65.9 Å². The number of benzene rings is 1. The van der Waals surface area contributed by atoms with E-state index >= 15 is 9.59 Å². The predicted octanol–water partition coefficient (Wildman–Crippen LogP) is 6.33. The van der Waals surface area contributed by atoms with Crippen molar-refractivity contribution in [3.63, 3.8) is 0 Å². The highest BCUT2D eigenvalue weighted by Gasteiger charge is 2.50. The van der Waals surface area contributed by atoms with Crippen LogP contribution in [0.1, 0.15) is 182 Å². The van der Waals surface area contributed by atoms with Crippen molar-refractivity contribution in [3.05, 3.63) is 34.3 Å². The number of amides is 11. The maximum absolute atomic E-state index is 15.1. The smallest absolute Gasteiger partial charge is 0.351 e. The molecule has 4 N–H and O–H groups in total. The summed E-state index contributed by atoms with van der Waals surface area (Å²) in [6.45, 7) is 13.1. The van der Waals surface area contributed by atoms with Gasteiger partial charge in [-0.1, -0.05) is 124 Å². The molecule has 2 saturated heterocycles.